The Labute approximate surface area is 163 Å². The van der Waals surface area contributed by atoms with Gasteiger partial charge >= 0.3 is 12.1 Å². The number of ether oxygens (including phenoxy) is 3. The Morgan fingerprint density at radius 2 is 1.85 bits per heavy atom. The van der Waals surface area contributed by atoms with Crippen LogP contribution in [0.25, 0.3) is 0 Å². The molecule has 150 valence electrons. The van der Waals surface area contributed by atoms with Gasteiger partial charge in [-0.15, -0.1) is 0 Å². The lowest BCUT2D eigenvalue weighted by atomic mass is 10.2. The van der Waals surface area contributed by atoms with Crippen LogP contribution in [0.2, 0.25) is 5.02 Å². The number of anilines is 1. The SMILES string of the molecule is COc1cc(Cl)c(C)cc1NC(=O)COC(=O)CCNC(=O)OC(C)(C)C. The molecule has 27 heavy (non-hydrogen) atoms. The van der Waals surface area contributed by atoms with E-state index in [4.69, 9.17) is 25.8 Å². The number of rotatable bonds is 7. The highest BCUT2D eigenvalue weighted by Gasteiger charge is 2.16. The summed E-state index contributed by atoms with van der Waals surface area (Å²) in [6.07, 6.45) is -0.714. The first-order valence-electron chi connectivity index (χ1n) is 8.28. The van der Waals surface area contributed by atoms with E-state index in [1.807, 2.05) is 0 Å². The second kappa shape index (κ2) is 10.0. The summed E-state index contributed by atoms with van der Waals surface area (Å²) in [4.78, 5) is 35.1. The van der Waals surface area contributed by atoms with Gasteiger partial charge < -0.3 is 24.8 Å². The Morgan fingerprint density at radius 1 is 1.19 bits per heavy atom. The van der Waals surface area contributed by atoms with E-state index in [2.05, 4.69) is 10.6 Å². The highest BCUT2D eigenvalue weighted by molar-refractivity contribution is 6.31. The van der Waals surface area contributed by atoms with Crippen molar-refractivity contribution in [3.05, 3.63) is 22.7 Å². The van der Waals surface area contributed by atoms with Crippen molar-refractivity contribution < 1.29 is 28.6 Å². The zero-order valence-corrected chi connectivity index (χ0v) is 16.9. The Kier molecular flexibility index (Phi) is 8.36. The molecule has 9 heteroatoms. The average molecular weight is 401 g/mol. The Balaban J connectivity index is 2.39. The zero-order valence-electron chi connectivity index (χ0n) is 16.1. The van der Waals surface area contributed by atoms with Crippen LogP contribution < -0.4 is 15.4 Å². The molecule has 0 fully saturated rings. The third-order valence-electron chi connectivity index (χ3n) is 3.12. The van der Waals surface area contributed by atoms with E-state index in [0.29, 0.717) is 16.5 Å². The lowest BCUT2D eigenvalue weighted by molar-refractivity contribution is -0.147. The van der Waals surface area contributed by atoms with Gasteiger partial charge in [0.25, 0.3) is 5.91 Å². The van der Waals surface area contributed by atoms with E-state index in [9.17, 15) is 14.4 Å². The molecule has 0 bridgehead atoms. The van der Waals surface area contributed by atoms with Crippen LogP contribution >= 0.6 is 11.6 Å². The van der Waals surface area contributed by atoms with Crippen molar-refractivity contribution in [2.24, 2.45) is 0 Å². The summed E-state index contributed by atoms with van der Waals surface area (Å²) in [5.41, 5.74) is 0.564. The van der Waals surface area contributed by atoms with Gasteiger partial charge in [0.15, 0.2) is 6.61 Å². The molecule has 1 aromatic rings. The van der Waals surface area contributed by atoms with Crippen LogP contribution in [0.3, 0.4) is 0 Å². The second-order valence-electron chi connectivity index (χ2n) is 6.69. The number of alkyl carbamates (subject to hydrolysis) is 1. The number of benzene rings is 1. The van der Waals surface area contributed by atoms with E-state index in [0.717, 1.165) is 5.56 Å². The third-order valence-corrected chi connectivity index (χ3v) is 3.52. The Hall–Kier alpha value is -2.48. The van der Waals surface area contributed by atoms with Gasteiger partial charge in [0.1, 0.15) is 11.4 Å². The first-order chi connectivity index (χ1) is 12.5. The molecule has 1 rings (SSSR count). The molecule has 0 aliphatic rings. The van der Waals surface area contributed by atoms with Crippen molar-refractivity contribution in [1.82, 2.24) is 5.32 Å². The van der Waals surface area contributed by atoms with Crippen molar-refractivity contribution in [2.45, 2.75) is 39.7 Å². The summed E-state index contributed by atoms with van der Waals surface area (Å²) in [6.45, 7) is 6.56. The second-order valence-corrected chi connectivity index (χ2v) is 7.10. The van der Waals surface area contributed by atoms with Crippen LogP contribution in [-0.2, 0) is 19.1 Å². The number of carbonyl (C=O) groups excluding carboxylic acids is 3. The van der Waals surface area contributed by atoms with Crippen LogP contribution in [-0.4, -0.2) is 43.8 Å². The van der Waals surface area contributed by atoms with Crippen molar-refractivity contribution in [1.29, 1.82) is 0 Å². The van der Waals surface area contributed by atoms with Gasteiger partial charge in [0.2, 0.25) is 0 Å². The quantitative estimate of drug-likeness (QED) is 0.682. The molecule has 0 radical (unpaired) electrons. The number of methoxy groups -OCH3 is 1. The summed E-state index contributed by atoms with van der Waals surface area (Å²) in [5, 5.41) is 5.54. The Bertz CT molecular complexity index is 700. The molecule has 0 aliphatic carbocycles. The third kappa shape index (κ3) is 8.63. The summed E-state index contributed by atoms with van der Waals surface area (Å²) >= 11 is 6.01. The number of hydrogen-bond acceptors (Lipinski definition) is 6. The number of nitrogens with one attached hydrogen (secondary N) is 2. The molecule has 0 aromatic heterocycles. The fourth-order valence-electron chi connectivity index (χ4n) is 1.92. The van der Waals surface area contributed by atoms with Crippen LogP contribution in [0.4, 0.5) is 10.5 Å². The van der Waals surface area contributed by atoms with E-state index >= 15 is 0 Å². The standard InChI is InChI=1S/C18H25ClN2O6/c1-11-8-13(14(25-5)9-12(11)19)21-15(22)10-26-16(23)6-7-20-17(24)27-18(2,3)4/h8-9H,6-7,10H2,1-5H3,(H,20,24)(H,21,22). The molecule has 0 aliphatic heterocycles. The Morgan fingerprint density at radius 3 is 2.44 bits per heavy atom. The fraction of sp³-hybridized carbons (Fsp3) is 0.500. The molecule has 0 heterocycles. The summed E-state index contributed by atoms with van der Waals surface area (Å²) < 4.78 is 15.1. The smallest absolute Gasteiger partial charge is 0.407 e. The number of esters is 1. The summed E-state index contributed by atoms with van der Waals surface area (Å²) in [5.74, 6) is -0.754. The number of amides is 2. The predicted octanol–water partition coefficient (Wildman–Crippen LogP) is 3.05. The van der Waals surface area contributed by atoms with E-state index < -0.39 is 30.2 Å². The first kappa shape index (κ1) is 22.6. The number of halogens is 1. The molecule has 0 saturated heterocycles. The largest absolute Gasteiger partial charge is 0.495 e. The average Bonchev–Trinajstić information content (AvgIpc) is 2.54. The van der Waals surface area contributed by atoms with Crippen molar-refractivity contribution in [3.63, 3.8) is 0 Å². The number of aryl methyl sites for hydroxylation is 1. The van der Waals surface area contributed by atoms with Gasteiger partial charge in [0.05, 0.1) is 19.2 Å². The van der Waals surface area contributed by atoms with E-state index in [1.165, 1.54) is 7.11 Å². The van der Waals surface area contributed by atoms with Crippen LogP contribution in [0.1, 0.15) is 32.8 Å². The monoisotopic (exact) mass is 400 g/mol. The van der Waals surface area contributed by atoms with Crippen molar-refractivity contribution in [3.8, 4) is 5.75 Å². The maximum atomic E-state index is 12.0. The van der Waals surface area contributed by atoms with Gasteiger partial charge in [-0.25, -0.2) is 4.79 Å². The van der Waals surface area contributed by atoms with E-state index in [1.54, 1.807) is 39.8 Å². The summed E-state index contributed by atoms with van der Waals surface area (Å²) in [6, 6.07) is 3.24. The molecule has 0 unspecified atom stereocenters. The zero-order chi connectivity index (χ0) is 20.6. The van der Waals surface area contributed by atoms with Gasteiger partial charge in [0, 0.05) is 17.6 Å². The minimum Gasteiger partial charge on any atom is -0.495 e. The molecule has 2 N–H and O–H groups in total. The molecule has 8 nitrogen and oxygen atoms in total. The number of hydrogen-bond donors (Lipinski definition) is 2. The molecular weight excluding hydrogens is 376 g/mol. The fourth-order valence-corrected chi connectivity index (χ4v) is 2.07. The molecule has 2 amide bonds. The topological polar surface area (TPSA) is 103 Å². The highest BCUT2D eigenvalue weighted by atomic mass is 35.5. The number of carbonyl (C=O) groups is 3. The maximum Gasteiger partial charge on any atom is 0.407 e. The molecular formula is C18H25ClN2O6. The normalized spacial score (nSPS) is 10.7. The molecule has 0 atom stereocenters. The minimum absolute atomic E-state index is 0.0412. The lowest BCUT2D eigenvalue weighted by Gasteiger charge is -2.19. The van der Waals surface area contributed by atoms with Crippen LogP contribution in [0.5, 0.6) is 5.75 Å². The summed E-state index contributed by atoms with van der Waals surface area (Å²) in [7, 11) is 1.45. The van der Waals surface area contributed by atoms with Crippen molar-refractivity contribution >= 4 is 35.3 Å². The molecule has 1 aromatic carbocycles. The van der Waals surface area contributed by atoms with Crippen LogP contribution in [0.15, 0.2) is 12.1 Å². The van der Waals surface area contributed by atoms with Crippen molar-refractivity contribution in [2.75, 3.05) is 25.6 Å². The lowest BCUT2D eigenvalue weighted by Crippen LogP contribution is -2.34. The minimum atomic E-state index is -0.627. The van der Waals surface area contributed by atoms with E-state index in [-0.39, 0.29) is 13.0 Å². The molecule has 0 saturated carbocycles. The first-order valence-corrected chi connectivity index (χ1v) is 8.66. The predicted molar refractivity (Wildman–Crippen MR) is 101 cm³/mol. The van der Waals surface area contributed by atoms with Gasteiger partial charge in [-0.3, -0.25) is 9.59 Å². The maximum absolute atomic E-state index is 12.0. The van der Waals surface area contributed by atoms with Gasteiger partial charge in [-0.05, 0) is 39.3 Å². The molecule has 0 spiro atoms. The van der Waals surface area contributed by atoms with Gasteiger partial charge in [-0.1, -0.05) is 11.6 Å². The van der Waals surface area contributed by atoms with Gasteiger partial charge in [-0.2, -0.15) is 0 Å². The highest BCUT2D eigenvalue weighted by Crippen LogP contribution is 2.30. The van der Waals surface area contributed by atoms with Crippen LogP contribution in [0, 0.1) is 6.92 Å².